The number of nitrogens with two attached hydrogens (primary N) is 1. The minimum atomic E-state index is -0.507. The number of anilines is 1. The van der Waals surface area contributed by atoms with Gasteiger partial charge in [0.15, 0.2) is 0 Å². The van der Waals surface area contributed by atoms with Crippen LogP contribution in [0.5, 0.6) is 0 Å². The van der Waals surface area contributed by atoms with E-state index in [9.17, 15) is 9.59 Å². The van der Waals surface area contributed by atoms with Crippen molar-refractivity contribution in [1.82, 2.24) is 4.90 Å². The standard InChI is InChI=1S/C18H27N3O3/c1-4-5-16(19)17(22)20-15-8-6-14(7-9-15)18(23)21-10-12(2)24-13(3)11-21/h6-9,12-13,16H,4-5,10-11,19H2,1-3H3,(H,20,22). The summed E-state index contributed by atoms with van der Waals surface area (Å²) in [6.07, 6.45) is 1.58. The van der Waals surface area contributed by atoms with Gasteiger partial charge in [-0.05, 0) is 44.5 Å². The van der Waals surface area contributed by atoms with Gasteiger partial charge in [-0.3, -0.25) is 9.59 Å². The van der Waals surface area contributed by atoms with E-state index in [1.54, 1.807) is 24.3 Å². The number of carbonyl (C=O) groups excluding carboxylic acids is 2. The number of benzene rings is 1. The number of carbonyl (C=O) groups is 2. The number of nitrogens with zero attached hydrogens (tertiary/aromatic N) is 1. The smallest absolute Gasteiger partial charge is 0.254 e. The number of hydrogen-bond acceptors (Lipinski definition) is 4. The first-order valence-electron chi connectivity index (χ1n) is 8.52. The van der Waals surface area contributed by atoms with Crippen LogP contribution in [-0.4, -0.2) is 48.1 Å². The molecular weight excluding hydrogens is 306 g/mol. The van der Waals surface area contributed by atoms with Crippen molar-refractivity contribution >= 4 is 17.5 Å². The van der Waals surface area contributed by atoms with Gasteiger partial charge in [0.25, 0.3) is 5.91 Å². The summed E-state index contributed by atoms with van der Waals surface area (Å²) >= 11 is 0. The fourth-order valence-corrected chi connectivity index (χ4v) is 2.90. The molecule has 0 aliphatic carbocycles. The predicted octanol–water partition coefficient (Wildman–Crippen LogP) is 2.00. The Kier molecular flexibility index (Phi) is 6.34. The first kappa shape index (κ1) is 18.4. The number of ether oxygens (including phenoxy) is 1. The maximum Gasteiger partial charge on any atom is 0.254 e. The average Bonchev–Trinajstić information content (AvgIpc) is 2.54. The van der Waals surface area contributed by atoms with Crippen molar-refractivity contribution in [1.29, 1.82) is 0 Å². The highest BCUT2D eigenvalue weighted by atomic mass is 16.5. The quantitative estimate of drug-likeness (QED) is 0.863. The van der Waals surface area contributed by atoms with Gasteiger partial charge in [0.1, 0.15) is 0 Å². The summed E-state index contributed by atoms with van der Waals surface area (Å²) in [4.78, 5) is 26.3. The summed E-state index contributed by atoms with van der Waals surface area (Å²) in [5.41, 5.74) is 7.04. The first-order valence-corrected chi connectivity index (χ1v) is 8.52. The molecule has 0 aromatic heterocycles. The molecule has 2 rings (SSSR count). The van der Waals surface area contributed by atoms with Crippen LogP contribution in [0.1, 0.15) is 44.0 Å². The molecule has 3 N–H and O–H groups in total. The summed E-state index contributed by atoms with van der Waals surface area (Å²) in [6.45, 7) is 7.10. The molecule has 1 aliphatic rings. The lowest BCUT2D eigenvalue weighted by Crippen LogP contribution is -2.48. The molecule has 0 radical (unpaired) electrons. The second kappa shape index (κ2) is 8.26. The monoisotopic (exact) mass is 333 g/mol. The largest absolute Gasteiger partial charge is 0.372 e. The molecule has 6 nitrogen and oxygen atoms in total. The number of hydrogen-bond donors (Lipinski definition) is 2. The molecule has 1 aromatic carbocycles. The topological polar surface area (TPSA) is 84.7 Å². The summed E-state index contributed by atoms with van der Waals surface area (Å²) in [5, 5.41) is 2.78. The van der Waals surface area contributed by atoms with Crippen LogP contribution in [0.4, 0.5) is 5.69 Å². The maximum absolute atomic E-state index is 12.6. The summed E-state index contributed by atoms with van der Waals surface area (Å²) in [5.74, 6) is -0.218. The number of nitrogens with one attached hydrogen (secondary N) is 1. The molecule has 1 heterocycles. The summed E-state index contributed by atoms with van der Waals surface area (Å²) in [6, 6.07) is 6.42. The van der Waals surface area contributed by atoms with Crippen molar-refractivity contribution < 1.29 is 14.3 Å². The lowest BCUT2D eigenvalue weighted by Gasteiger charge is -2.35. The van der Waals surface area contributed by atoms with Crippen molar-refractivity contribution in [3.63, 3.8) is 0 Å². The normalized spacial score (nSPS) is 22.1. The molecule has 1 aliphatic heterocycles. The van der Waals surface area contributed by atoms with E-state index < -0.39 is 6.04 Å². The number of morpholine rings is 1. The third kappa shape index (κ3) is 4.79. The van der Waals surface area contributed by atoms with Crippen molar-refractivity contribution in [3.05, 3.63) is 29.8 Å². The highest BCUT2D eigenvalue weighted by Gasteiger charge is 2.26. The molecule has 1 fully saturated rings. The molecule has 2 amide bonds. The lowest BCUT2D eigenvalue weighted by molar-refractivity contribution is -0.117. The van der Waals surface area contributed by atoms with Crippen LogP contribution in [0.25, 0.3) is 0 Å². The second-order valence-electron chi connectivity index (χ2n) is 6.43. The Morgan fingerprint density at radius 2 is 1.83 bits per heavy atom. The van der Waals surface area contributed by atoms with Gasteiger partial charge in [-0.2, -0.15) is 0 Å². The molecule has 6 heteroatoms. The van der Waals surface area contributed by atoms with Crippen LogP contribution < -0.4 is 11.1 Å². The van der Waals surface area contributed by atoms with Gasteiger partial charge in [-0.1, -0.05) is 13.3 Å². The zero-order valence-corrected chi connectivity index (χ0v) is 14.6. The second-order valence-corrected chi connectivity index (χ2v) is 6.43. The fraction of sp³-hybridized carbons (Fsp3) is 0.556. The van der Waals surface area contributed by atoms with E-state index in [1.807, 2.05) is 25.7 Å². The Balaban J connectivity index is 1.98. The maximum atomic E-state index is 12.6. The van der Waals surface area contributed by atoms with E-state index in [0.29, 0.717) is 30.8 Å². The molecule has 1 saturated heterocycles. The fourth-order valence-electron chi connectivity index (χ4n) is 2.90. The molecular formula is C18H27N3O3. The average molecular weight is 333 g/mol. The van der Waals surface area contributed by atoms with Crippen LogP contribution in [-0.2, 0) is 9.53 Å². The third-order valence-corrected chi connectivity index (χ3v) is 4.04. The van der Waals surface area contributed by atoms with Crippen LogP contribution in [0.3, 0.4) is 0 Å². The van der Waals surface area contributed by atoms with Crippen LogP contribution in [0.15, 0.2) is 24.3 Å². The minimum absolute atomic E-state index is 0.0161. The van der Waals surface area contributed by atoms with Gasteiger partial charge >= 0.3 is 0 Å². The molecule has 1 aromatic rings. The van der Waals surface area contributed by atoms with Crippen molar-refractivity contribution in [3.8, 4) is 0 Å². The van der Waals surface area contributed by atoms with Gasteiger partial charge in [0, 0.05) is 24.3 Å². The van der Waals surface area contributed by atoms with Gasteiger partial charge in [-0.15, -0.1) is 0 Å². The Bertz CT molecular complexity index is 563. The molecule has 132 valence electrons. The highest BCUT2D eigenvalue weighted by molar-refractivity contribution is 5.97. The van der Waals surface area contributed by atoms with Crippen LogP contribution in [0.2, 0.25) is 0 Å². The van der Waals surface area contributed by atoms with Gasteiger partial charge < -0.3 is 20.7 Å². The van der Waals surface area contributed by atoms with Crippen molar-refractivity contribution in [2.24, 2.45) is 5.73 Å². The van der Waals surface area contributed by atoms with Gasteiger partial charge in [0.2, 0.25) is 5.91 Å². The first-order chi connectivity index (χ1) is 11.4. The Morgan fingerprint density at radius 1 is 1.25 bits per heavy atom. The molecule has 24 heavy (non-hydrogen) atoms. The van der Waals surface area contributed by atoms with E-state index in [2.05, 4.69) is 5.32 Å². The molecule has 0 spiro atoms. The summed E-state index contributed by atoms with van der Waals surface area (Å²) in [7, 11) is 0. The van der Waals surface area contributed by atoms with Crippen molar-refractivity contribution in [2.75, 3.05) is 18.4 Å². The lowest BCUT2D eigenvalue weighted by atomic mass is 10.1. The summed E-state index contributed by atoms with van der Waals surface area (Å²) < 4.78 is 5.65. The van der Waals surface area contributed by atoms with E-state index in [-0.39, 0.29) is 24.0 Å². The molecule has 3 unspecified atom stereocenters. The van der Waals surface area contributed by atoms with E-state index in [4.69, 9.17) is 10.5 Å². The zero-order chi connectivity index (χ0) is 17.7. The van der Waals surface area contributed by atoms with Crippen LogP contribution >= 0.6 is 0 Å². The highest BCUT2D eigenvalue weighted by Crippen LogP contribution is 2.16. The van der Waals surface area contributed by atoms with Gasteiger partial charge in [0.05, 0.1) is 18.2 Å². The SMILES string of the molecule is CCCC(N)C(=O)Nc1ccc(C(=O)N2CC(C)OC(C)C2)cc1. The predicted molar refractivity (Wildman–Crippen MR) is 93.9 cm³/mol. The Hall–Kier alpha value is -1.92. The molecule has 0 saturated carbocycles. The van der Waals surface area contributed by atoms with E-state index in [1.165, 1.54) is 0 Å². The molecule has 0 bridgehead atoms. The van der Waals surface area contributed by atoms with Crippen molar-refractivity contribution in [2.45, 2.75) is 51.9 Å². The van der Waals surface area contributed by atoms with Gasteiger partial charge in [-0.25, -0.2) is 0 Å². The number of amides is 2. The zero-order valence-electron chi connectivity index (χ0n) is 14.6. The number of rotatable bonds is 5. The van der Waals surface area contributed by atoms with Crippen LogP contribution in [0, 0.1) is 0 Å². The Morgan fingerprint density at radius 3 is 2.38 bits per heavy atom. The van der Waals surface area contributed by atoms with E-state index in [0.717, 1.165) is 6.42 Å². The molecule has 3 atom stereocenters. The third-order valence-electron chi connectivity index (χ3n) is 4.04. The van der Waals surface area contributed by atoms with E-state index >= 15 is 0 Å². The Labute approximate surface area is 143 Å². The minimum Gasteiger partial charge on any atom is -0.372 e.